The maximum Gasteiger partial charge on any atom is 0.262 e. The van der Waals surface area contributed by atoms with Crippen LogP contribution in [0.15, 0.2) is 36.4 Å². The standard InChI is InChI=1S/C18H22N2O5S/c1-12-5-8-16(17(9-12)24-3)25-11-18(21)19-14-7-6-13(2)15(10-14)20-26(4,22)23/h5-10,20H,11H2,1-4H3,(H,19,21). The quantitative estimate of drug-likeness (QED) is 0.773. The molecular weight excluding hydrogens is 356 g/mol. The zero-order valence-electron chi connectivity index (χ0n) is 15.1. The van der Waals surface area contributed by atoms with Crippen molar-refractivity contribution < 1.29 is 22.7 Å². The van der Waals surface area contributed by atoms with Gasteiger partial charge in [-0.2, -0.15) is 0 Å². The van der Waals surface area contributed by atoms with Gasteiger partial charge in [0, 0.05) is 5.69 Å². The Hall–Kier alpha value is -2.74. The van der Waals surface area contributed by atoms with Crippen molar-refractivity contribution >= 4 is 27.3 Å². The number of nitrogens with one attached hydrogen (secondary N) is 2. The van der Waals surface area contributed by atoms with Gasteiger partial charge in [0.15, 0.2) is 18.1 Å². The summed E-state index contributed by atoms with van der Waals surface area (Å²) < 4.78 is 35.9. The van der Waals surface area contributed by atoms with Crippen LogP contribution in [-0.4, -0.2) is 34.3 Å². The van der Waals surface area contributed by atoms with Gasteiger partial charge in [0.25, 0.3) is 5.91 Å². The number of aryl methyl sites for hydroxylation is 2. The van der Waals surface area contributed by atoms with Crippen LogP contribution < -0.4 is 19.5 Å². The third-order valence-corrected chi connectivity index (χ3v) is 4.09. The summed E-state index contributed by atoms with van der Waals surface area (Å²) in [4.78, 5) is 12.1. The molecule has 0 saturated carbocycles. The number of carbonyl (C=O) groups is 1. The zero-order valence-corrected chi connectivity index (χ0v) is 15.9. The Kier molecular flexibility index (Phi) is 6.10. The van der Waals surface area contributed by atoms with Crippen LogP contribution in [0.25, 0.3) is 0 Å². The number of amides is 1. The number of methoxy groups -OCH3 is 1. The van der Waals surface area contributed by atoms with E-state index in [4.69, 9.17) is 9.47 Å². The Balaban J connectivity index is 2.03. The summed E-state index contributed by atoms with van der Waals surface area (Å²) in [5.41, 5.74) is 2.64. The number of rotatable bonds is 7. The average molecular weight is 378 g/mol. The second-order valence-electron chi connectivity index (χ2n) is 5.90. The van der Waals surface area contributed by atoms with Crippen molar-refractivity contribution in [3.05, 3.63) is 47.5 Å². The van der Waals surface area contributed by atoms with Crippen molar-refractivity contribution in [3.63, 3.8) is 0 Å². The Labute approximate surface area is 153 Å². The molecule has 140 valence electrons. The Morgan fingerprint density at radius 2 is 1.81 bits per heavy atom. The summed E-state index contributed by atoms with van der Waals surface area (Å²) in [7, 11) is -1.87. The first-order valence-electron chi connectivity index (χ1n) is 7.83. The molecule has 2 N–H and O–H groups in total. The summed E-state index contributed by atoms with van der Waals surface area (Å²) >= 11 is 0. The van der Waals surface area contributed by atoms with Gasteiger partial charge in [0.05, 0.1) is 19.1 Å². The van der Waals surface area contributed by atoms with Gasteiger partial charge in [-0.25, -0.2) is 8.42 Å². The second-order valence-corrected chi connectivity index (χ2v) is 7.64. The van der Waals surface area contributed by atoms with Crippen LogP contribution in [0.4, 0.5) is 11.4 Å². The normalized spacial score (nSPS) is 10.9. The van der Waals surface area contributed by atoms with Gasteiger partial charge in [-0.1, -0.05) is 12.1 Å². The third kappa shape index (κ3) is 5.66. The predicted octanol–water partition coefficient (Wildman–Crippen LogP) is 2.70. The Morgan fingerprint density at radius 3 is 2.46 bits per heavy atom. The van der Waals surface area contributed by atoms with Crippen molar-refractivity contribution in [1.29, 1.82) is 0 Å². The molecule has 0 atom stereocenters. The lowest BCUT2D eigenvalue weighted by Gasteiger charge is -2.13. The van der Waals surface area contributed by atoms with Crippen LogP contribution in [0.3, 0.4) is 0 Å². The summed E-state index contributed by atoms with van der Waals surface area (Å²) in [6.07, 6.45) is 1.07. The lowest BCUT2D eigenvalue weighted by atomic mass is 10.2. The van der Waals surface area contributed by atoms with Crippen LogP contribution in [0.2, 0.25) is 0 Å². The molecule has 0 aromatic heterocycles. The van der Waals surface area contributed by atoms with Gasteiger partial charge in [0.2, 0.25) is 10.0 Å². The van der Waals surface area contributed by atoms with E-state index in [1.54, 1.807) is 31.2 Å². The number of hydrogen-bond donors (Lipinski definition) is 2. The molecule has 8 heteroatoms. The van der Waals surface area contributed by atoms with Gasteiger partial charge in [0.1, 0.15) is 0 Å². The maximum absolute atomic E-state index is 12.1. The lowest BCUT2D eigenvalue weighted by molar-refractivity contribution is -0.118. The van der Waals surface area contributed by atoms with Crippen LogP contribution in [-0.2, 0) is 14.8 Å². The molecule has 1 amide bonds. The van der Waals surface area contributed by atoms with Crippen molar-refractivity contribution in [3.8, 4) is 11.5 Å². The van der Waals surface area contributed by atoms with Crippen molar-refractivity contribution in [2.45, 2.75) is 13.8 Å². The molecule has 0 spiro atoms. The van der Waals surface area contributed by atoms with Crippen LogP contribution >= 0.6 is 0 Å². The molecular formula is C18H22N2O5S. The van der Waals surface area contributed by atoms with Gasteiger partial charge in [-0.3, -0.25) is 9.52 Å². The SMILES string of the molecule is COc1cc(C)ccc1OCC(=O)Nc1ccc(C)c(NS(C)(=O)=O)c1. The summed E-state index contributed by atoms with van der Waals surface area (Å²) in [5.74, 6) is 0.645. The van der Waals surface area contributed by atoms with Crippen molar-refractivity contribution in [1.82, 2.24) is 0 Å². The van der Waals surface area contributed by atoms with Crippen LogP contribution in [0, 0.1) is 13.8 Å². The largest absolute Gasteiger partial charge is 0.493 e. The minimum absolute atomic E-state index is 0.206. The van der Waals surface area contributed by atoms with Gasteiger partial charge in [-0.15, -0.1) is 0 Å². The molecule has 2 aromatic rings. The number of benzene rings is 2. The average Bonchev–Trinajstić information content (AvgIpc) is 2.55. The predicted molar refractivity (Wildman–Crippen MR) is 102 cm³/mol. The molecule has 0 aliphatic rings. The topological polar surface area (TPSA) is 93.7 Å². The number of sulfonamides is 1. The molecule has 0 radical (unpaired) electrons. The number of carbonyl (C=O) groups excluding carboxylic acids is 1. The molecule has 7 nitrogen and oxygen atoms in total. The fourth-order valence-corrected chi connectivity index (χ4v) is 2.86. The summed E-state index contributed by atoms with van der Waals surface area (Å²) in [6.45, 7) is 3.49. The number of hydrogen-bond acceptors (Lipinski definition) is 5. The Bertz CT molecular complexity index is 910. The molecule has 0 aliphatic carbocycles. The molecule has 0 heterocycles. The van der Waals surface area contributed by atoms with Crippen molar-refractivity contribution in [2.24, 2.45) is 0 Å². The fraction of sp³-hybridized carbons (Fsp3) is 0.278. The number of anilines is 2. The molecule has 2 rings (SSSR count). The maximum atomic E-state index is 12.1. The highest BCUT2D eigenvalue weighted by molar-refractivity contribution is 7.92. The molecule has 0 fully saturated rings. The first-order chi connectivity index (χ1) is 12.2. The van der Waals surface area contributed by atoms with E-state index in [0.717, 1.165) is 17.4 Å². The van der Waals surface area contributed by atoms with Gasteiger partial charge in [-0.05, 0) is 49.2 Å². The van der Waals surface area contributed by atoms with E-state index in [2.05, 4.69) is 10.0 Å². The second kappa shape index (κ2) is 8.09. The van der Waals surface area contributed by atoms with E-state index in [1.807, 2.05) is 19.1 Å². The van der Waals surface area contributed by atoms with Gasteiger partial charge < -0.3 is 14.8 Å². The van der Waals surface area contributed by atoms with E-state index >= 15 is 0 Å². The summed E-state index contributed by atoms with van der Waals surface area (Å²) in [6, 6.07) is 10.4. The van der Waals surface area contributed by atoms with Crippen LogP contribution in [0.5, 0.6) is 11.5 Å². The molecule has 0 bridgehead atoms. The van der Waals surface area contributed by atoms with Crippen LogP contribution in [0.1, 0.15) is 11.1 Å². The van der Waals surface area contributed by atoms with E-state index < -0.39 is 10.0 Å². The number of ether oxygens (including phenoxy) is 2. The first kappa shape index (κ1) is 19.6. The zero-order chi connectivity index (χ0) is 19.3. The smallest absolute Gasteiger partial charge is 0.262 e. The Morgan fingerprint density at radius 1 is 1.08 bits per heavy atom. The highest BCUT2D eigenvalue weighted by atomic mass is 32.2. The van der Waals surface area contributed by atoms with Gasteiger partial charge >= 0.3 is 0 Å². The van der Waals surface area contributed by atoms with Crippen molar-refractivity contribution in [2.75, 3.05) is 30.0 Å². The van der Waals surface area contributed by atoms with E-state index in [9.17, 15) is 13.2 Å². The highest BCUT2D eigenvalue weighted by Crippen LogP contribution is 2.27. The monoisotopic (exact) mass is 378 g/mol. The highest BCUT2D eigenvalue weighted by Gasteiger charge is 2.10. The van der Waals surface area contributed by atoms with E-state index in [-0.39, 0.29) is 12.5 Å². The molecule has 0 unspecified atom stereocenters. The third-order valence-electron chi connectivity index (χ3n) is 3.49. The molecule has 0 aliphatic heterocycles. The molecule has 26 heavy (non-hydrogen) atoms. The minimum atomic E-state index is -3.40. The molecule has 0 saturated heterocycles. The minimum Gasteiger partial charge on any atom is -0.493 e. The van der Waals surface area contributed by atoms with E-state index in [1.165, 1.54) is 7.11 Å². The fourth-order valence-electron chi connectivity index (χ4n) is 2.24. The van der Waals surface area contributed by atoms with E-state index in [0.29, 0.717) is 22.9 Å². The molecule has 2 aromatic carbocycles. The summed E-state index contributed by atoms with van der Waals surface area (Å²) in [5, 5.41) is 2.67. The first-order valence-corrected chi connectivity index (χ1v) is 9.73. The lowest BCUT2D eigenvalue weighted by Crippen LogP contribution is -2.20.